The Morgan fingerprint density at radius 3 is 2.43 bits per heavy atom. The zero-order valence-electron chi connectivity index (χ0n) is 16.6. The minimum atomic E-state index is -0.776. The number of non-ortho nitro benzene ring substituents is 1. The molecule has 0 saturated carbocycles. The zero-order valence-corrected chi connectivity index (χ0v) is 16.6. The quantitative estimate of drug-likeness (QED) is 0.376. The van der Waals surface area contributed by atoms with Crippen molar-refractivity contribution in [3.8, 4) is 5.69 Å². The van der Waals surface area contributed by atoms with Gasteiger partial charge in [0.15, 0.2) is 12.3 Å². The molecule has 0 aliphatic rings. The number of ether oxygens (including phenoxy) is 1. The molecule has 0 aliphatic carbocycles. The average molecular weight is 409 g/mol. The van der Waals surface area contributed by atoms with Gasteiger partial charge in [0.05, 0.1) is 16.3 Å². The molecule has 0 spiro atoms. The molecule has 0 saturated heterocycles. The van der Waals surface area contributed by atoms with Gasteiger partial charge in [0.25, 0.3) is 11.6 Å². The molecule has 1 heterocycles. The number of nitrogens with one attached hydrogen (secondary N) is 1. The number of rotatable bonds is 6. The summed E-state index contributed by atoms with van der Waals surface area (Å²) in [5.74, 6) is -1.36. The Labute approximate surface area is 171 Å². The van der Waals surface area contributed by atoms with Crippen LogP contribution in [0, 0.1) is 30.9 Å². The van der Waals surface area contributed by atoms with Crippen LogP contribution in [-0.4, -0.2) is 38.4 Å². The number of nitro groups is 1. The van der Waals surface area contributed by atoms with Gasteiger partial charge in [-0.15, -0.1) is 5.10 Å². The third-order valence-electron chi connectivity index (χ3n) is 4.24. The van der Waals surface area contributed by atoms with Crippen molar-refractivity contribution in [2.45, 2.75) is 20.8 Å². The van der Waals surface area contributed by atoms with Gasteiger partial charge in [-0.3, -0.25) is 14.9 Å². The molecule has 0 fully saturated rings. The number of amides is 1. The van der Waals surface area contributed by atoms with Gasteiger partial charge in [-0.1, -0.05) is 17.7 Å². The predicted octanol–water partition coefficient (Wildman–Crippen LogP) is 2.90. The minimum absolute atomic E-state index is 0.0121. The van der Waals surface area contributed by atoms with Crippen molar-refractivity contribution in [1.29, 1.82) is 0 Å². The lowest BCUT2D eigenvalue weighted by Crippen LogP contribution is -2.21. The highest BCUT2D eigenvalue weighted by Crippen LogP contribution is 2.17. The Morgan fingerprint density at radius 1 is 1.10 bits per heavy atom. The van der Waals surface area contributed by atoms with Gasteiger partial charge < -0.3 is 10.1 Å². The van der Waals surface area contributed by atoms with Crippen LogP contribution in [0.5, 0.6) is 0 Å². The molecule has 0 radical (unpaired) electrons. The molecule has 30 heavy (non-hydrogen) atoms. The van der Waals surface area contributed by atoms with E-state index in [0.717, 1.165) is 16.8 Å². The summed E-state index contributed by atoms with van der Waals surface area (Å²) >= 11 is 0. The monoisotopic (exact) mass is 409 g/mol. The van der Waals surface area contributed by atoms with Crippen molar-refractivity contribution in [2.75, 3.05) is 11.9 Å². The van der Waals surface area contributed by atoms with Crippen LogP contribution >= 0.6 is 0 Å². The fraction of sp³-hybridized carbons (Fsp3) is 0.200. The van der Waals surface area contributed by atoms with Crippen molar-refractivity contribution < 1.29 is 19.2 Å². The summed E-state index contributed by atoms with van der Waals surface area (Å²) in [6.45, 7) is 4.98. The van der Waals surface area contributed by atoms with Crippen LogP contribution in [0.1, 0.15) is 27.3 Å². The third-order valence-corrected chi connectivity index (χ3v) is 4.24. The highest BCUT2D eigenvalue weighted by Gasteiger charge is 2.19. The van der Waals surface area contributed by atoms with Crippen molar-refractivity contribution in [2.24, 2.45) is 0 Å². The molecule has 1 aromatic heterocycles. The van der Waals surface area contributed by atoms with Crippen LogP contribution in [0.2, 0.25) is 0 Å². The summed E-state index contributed by atoms with van der Waals surface area (Å²) in [4.78, 5) is 35.8. The Hall–Kier alpha value is -4.08. The molecule has 154 valence electrons. The number of nitrogens with zero attached hydrogens (tertiary/aromatic N) is 4. The number of hydrogen-bond acceptors (Lipinski definition) is 7. The van der Waals surface area contributed by atoms with Gasteiger partial charge in [0.1, 0.15) is 0 Å². The fourth-order valence-corrected chi connectivity index (χ4v) is 2.77. The molecule has 0 atom stereocenters. The number of carbonyl (C=O) groups excluding carboxylic acids is 2. The van der Waals surface area contributed by atoms with E-state index in [9.17, 15) is 19.7 Å². The van der Waals surface area contributed by atoms with E-state index in [1.54, 1.807) is 6.92 Å². The Bertz CT molecular complexity index is 1120. The smallest absolute Gasteiger partial charge is 0.361 e. The van der Waals surface area contributed by atoms with Crippen LogP contribution < -0.4 is 5.32 Å². The maximum absolute atomic E-state index is 12.3. The van der Waals surface area contributed by atoms with E-state index in [0.29, 0.717) is 11.4 Å². The van der Waals surface area contributed by atoms with Crippen LogP contribution in [0.25, 0.3) is 5.69 Å². The fourth-order valence-electron chi connectivity index (χ4n) is 2.77. The topological polar surface area (TPSA) is 129 Å². The number of esters is 1. The molecule has 10 heteroatoms. The van der Waals surface area contributed by atoms with E-state index < -0.39 is 23.4 Å². The summed E-state index contributed by atoms with van der Waals surface area (Å²) in [7, 11) is 0. The summed E-state index contributed by atoms with van der Waals surface area (Å²) < 4.78 is 5.03. The second-order valence-electron chi connectivity index (χ2n) is 6.64. The number of benzene rings is 2. The van der Waals surface area contributed by atoms with Crippen LogP contribution in [0.15, 0.2) is 42.5 Å². The second-order valence-corrected chi connectivity index (χ2v) is 6.64. The number of nitro benzene ring substituents is 1. The normalized spacial score (nSPS) is 10.5. The molecule has 10 nitrogen and oxygen atoms in total. The van der Waals surface area contributed by atoms with E-state index >= 15 is 0 Å². The van der Waals surface area contributed by atoms with Gasteiger partial charge in [-0.05, 0) is 44.5 Å². The summed E-state index contributed by atoms with van der Waals surface area (Å²) in [5.41, 5.74) is 3.42. The molecule has 0 bridgehead atoms. The first-order valence-electron chi connectivity index (χ1n) is 8.97. The Balaban J connectivity index is 1.62. The van der Waals surface area contributed by atoms with Gasteiger partial charge in [-0.25, -0.2) is 4.79 Å². The number of carbonyl (C=O) groups is 2. The molecule has 3 aromatic rings. The number of anilines is 1. The lowest BCUT2D eigenvalue weighted by molar-refractivity contribution is -0.384. The molecule has 3 rings (SSSR count). The first-order valence-corrected chi connectivity index (χ1v) is 8.97. The van der Waals surface area contributed by atoms with Crippen molar-refractivity contribution >= 4 is 23.3 Å². The average Bonchev–Trinajstić information content (AvgIpc) is 3.08. The van der Waals surface area contributed by atoms with Crippen LogP contribution in [-0.2, 0) is 9.53 Å². The SMILES string of the molecule is Cc1ccc(-n2nc(C)c(C(=O)OCC(=O)Nc3ccc([N+](=O)[O-])cc3)n2)c(C)c1. The second kappa shape index (κ2) is 8.52. The Kier molecular flexibility index (Phi) is 5.86. The van der Waals surface area contributed by atoms with Gasteiger partial charge in [0.2, 0.25) is 0 Å². The van der Waals surface area contributed by atoms with Gasteiger partial charge >= 0.3 is 5.97 Å². The van der Waals surface area contributed by atoms with Crippen LogP contribution in [0.4, 0.5) is 11.4 Å². The summed E-state index contributed by atoms with van der Waals surface area (Å²) in [6, 6.07) is 11.1. The Morgan fingerprint density at radius 2 is 1.80 bits per heavy atom. The molecule has 0 aliphatic heterocycles. The lowest BCUT2D eigenvalue weighted by atomic mass is 10.1. The number of aromatic nitrogens is 3. The molecule has 0 unspecified atom stereocenters. The largest absolute Gasteiger partial charge is 0.451 e. The van der Waals surface area contributed by atoms with Crippen LogP contribution in [0.3, 0.4) is 0 Å². The molecule has 1 amide bonds. The molecule has 2 aromatic carbocycles. The van der Waals surface area contributed by atoms with Crippen molar-refractivity contribution in [1.82, 2.24) is 15.0 Å². The lowest BCUT2D eigenvalue weighted by Gasteiger charge is -2.06. The van der Waals surface area contributed by atoms with Crippen molar-refractivity contribution in [3.63, 3.8) is 0 Å². The van der Waals surface area contributed by atoms with E-state index in [2.05, 4.69) is 15.5 Å². The summed E-state index contributed by atoms with van der Waals surface area (Å²) in [5, 5.41) is 21.6. The van der Waals surface area contributed by atoms with Gasteiger partial charge in [0, 0.05) is 17.8 Å². The number of hydrogen-bond donors (Lipinski definition) is 1. The summed E-state index contributed by atoms with van der Waals surface area (Å²) in [6.07, 6.45) is 0. The van der Waals surface area contributed by atoms with Gasteiger partial charge in [-0.2, -0.15) is 9.90 Å². The third kappa shape index (κ3) is 4.66. The van der Waals surface area contributed by atoms with E-state index in [1.807, 2.05) is 32.0 Å². The maximum Gasteiger partial charge on any atom is 0.361 e. The van der Waals surface area contributed by atoms with E-state index in [-0.39, 0.29) is 11.4 Å². The molecular formula is C20H19N5O5. The van der Waals surface area contributed by atoms with E-state index in [1.165, 1.54) is 29.1 Å². The van der Waals surface area contributed by atoms with Crippen molar-refractivity contribution in [3.05, 3.63) is 75.1 Å². The highest BCUT2D eigenvalue weighted by atomic mass is 16.6. The standard InChI is InChI=1S/C20H19N5O5/c1-12-4-9-17(13(2)10-12)24-22-14(3)19(23-24)20(27)30-11-18(26)21-15-5-7-16(8-6-15)25(28)29/h4-10H,11H2,1-3H3,(H,21,26). The molecular weight excluding hydrogens is 390 g/mol. The number of aryl methyl sites for hydroxylation is 3. The molecule has 1 N–H and O–H groups in total. The first-order chi connectivity index (χ1) is 14.2. The minimum Gasteiger partial charge on any atom is -0.451 e. The predicted molar refractivity (Wildman–Crippen MR) is 108 cm³/mol. The first kappa shape index (κ1) is 20.6. The maximum atomic E-state index is 12.3. The zero-order chi connectivity index (χ0) is 21.8. The van der Waals surface area contributed by atoms with E-state index in [4.69, 9.17) is 4.74 Å². The highest BCUT2D eigenvalue weighted by molar-refractivity contribution is 5.95.